The molecule has 8 nitrogen and oxygen atoms in total. The minimum Gasteiger partial charge on any atom is -0.493 e. The van der Waals surface area contributed by atoms with Crippen LogP contribution in [0.4, 0.5) is 14.9 Å². The number of urea groups is 1. The fourth-order valence-corrected chi connectivity index (χ4v) is 5.91. The minimum atomic E-state index is -0.587. The number of hydrogen-bond acceptors (Lipinski definition) is 6. The van der Waals surface area contributed by atoms with Crippen molar-refractivity contribution in [3.8, 4) is 23.0 Å². The Morgan fingerprint density at radius 2 is 1.88 bits per heavy atom. The molecule has 9 heteroatoms. The van der Waals surface area contributed by atoms with Crippen LogP contribution in [-0.2, 0) is 0 Å². The molecule has 0 bridgehead atoms. The fraction of sp³-hybridized carbons (Fsp3) is 0.500. The predicted octanol–water partition coefficient (Wildman–Crippen LogP) is 7.13. The van der Waals surface area contributed by atoms with Crippen molar-refractivity contribution < 1.29 is 23.4 Å². The zero-order chi connectivity index (χ0) is 28.8. The molecule has 0 radical (unpaired) electrons. The summed E-state index contributed by atoms with van der Waals surface area (Å²) < 4.78 is 32.7. The van der Waals surface area contributed by atoms with Gasteiger partial charge in [-0.15, -0.1) is 0 Å². The lowest BCUT2D eigenvalue weighted by atomic mass is 9.75. The van der Waals surface area contributed by atoms with Gasteiger partial charge in [0, 0.05) is 42.0 Å². The molecular weight excluding hydrogens is 523 g/mol. The van der Waals surface area contributed by atoms with Gasteiger partial charge in [-0.1, -0.05) is 26.7 Å². The van der Waals surface area contributed by atoms with Crippen molar-refractivity contribution >= 4 is 22.6 Å². The second-order valence-electron chi connectivity index (χ2n) is 11.9. The van der Waals surface area contributed by atoms with Crippen LogP contribution in [-0.4, -0.2) is 55.3 Å². The molecule has 3 aromatic rings. The molecule has 1 saturated heterocycles. The predicted molar refractivity (Wildman–Crippen MR) is 159 cm³/mol. The number of halogens is 1. The molecule has 2 aromatic carbocycles. The number of benzene rings is 2. The molecule has 2 amide bonds. The summed E-state index contributed by atoms with van der Waals surface area (Å²) in [5, 5.41) is 6.44. The number of nitrogens with one attached hydrogen (secondary N) is 2. The van der Waals surface area contributed by atoms with E-state index in [1.165, 1.54) is 31.4 Å². The van der Waals surface area contributed by atoms with Gasteiger partial charge in [-0.3, -0.25) is 9.88 Å². The van der Waals surface area contributed by atoms with Gasteiger partial charge in [0.2, 0.25) is 0 Å². The van der Waals surface area contributed by atoms with Crippen molar-refractivity contribution in [1.82, 2.24) is 15.2 Å². The molecule has 2 aliphatic rings. The van der Waals surface area contributed by atoms with Gasteiger partial charge in [-0.2, -0.15) is 0 Å². The van der Waals surface area contributed by atoms with E-state index in [-0.39, 0.29) is 23.2 Å². The van der Waals surface area contributed by atoms with Crippen LogP contribution in [0.25, 0.3) is 10.9 Å². The molecule has 5 rings (SSSR count). The first-order valence-electron chi connectivity index (χ1n) is 14.7. The van der Waals surface area contributed by atoms with Crippen molar-refractivity contribution in [3.05, 3.63) is 48.4 Å². The van der Waals surface area contributed by atoms with Gasteiger partial charge in [-0.05, 0) is 74.9 Å². The minimum absolute atomic E-state index is 0.0401. The van der Waals surface area contributed by atoms with Crippen LogP contribution in [0.5, 0.6) is 23.0 Å². The lowest BCUT2D eigenvalue weighted by molar-refractivity contribution is 0.180. The van der Waals surface area contributed by atoms with E-state index in [4.69, 9.17) is 14.2 Å². The first-order chi connectivity index (χ1) is 19.8. The molecular formula is C32H41FN4O4. The SMILES string of the molecule is COc1cc2c(Oc3ccc(NC(=O)NC4CCCC(C)(C)C4)cc3F)ccnc2cc1OCCN1CCCCC1. The fourth-order valence-electron chi connectivity index (χ4n) is 5.91. The number of pyridine rings is 1. The smallest absolute Gasteiger partial charge is 0.319 e. The number of likely N-dealkylation sites (tertiary alicyclic amines) is 1. The maximum atomic E-state index is 15.1. The summed E-state index contributed by atoms with van der Waals surface area (Å²) in [7, 11) is 1.59. The topological polar surface area (TPSA) is 85.0 Å². The molecule has 0 spiro atoms. The molecule has 220 valence electrons. The normalized spacial score (nSPS) is 19.0. The van der Waals surface area contributed by atoms with Crippen molar-refractivity contribution in [2.24, 2.45) is 5.41 Å². The van der Waals surface area contributed by atoms with Crippen molar-refractivity contribution in [2.75, 3.05) is 38.7 Å². The van der Waals surface area contributed by atoms with E-state index in [1.54, 1.807) is 31.5 Å². The largest absolute Gasteiger partial charge is 0.493 e. The van der Waals surface area contributed by atoms with Crippen LogP contribution in [0.1, 0.15) is 58.8 Å². The third kappa shape index (κ3) is 7.58. The van der Waals surface area contributed by atoms with E-state index in [9.17, 15) is 4.79 Å². The molecule has 2 fully saturated rings. The highest BCUT2D eigenvalue weighted by Crippen LogP contribution is 2.38. The van der Waals surface area contributed by atoms with E-state index >= 15 is 4.39 Å². The number of carbonyl (C=O) groups is 1. The standard InChI is InChI=1S/C32H41FN4O4/c1-32(2)12-7-8-23(21-32)36-31(38)35-22-9-10-28(25(33)18-22)41-27-11-13-34-26-20-30(29(39-3)19-24(26)27)40-17-16-37-14-5-4-6-15-37/h9-11,13,18-20,23H,4-8,12,14-17,21H2,1-3H3,(H2,35,36,38). The van der Waals surface area contributed by atoms with Crippen LogP contribution in [0.3, 0.4) is 0 Å². The highest BCUT2D eigenvalue weighted by atomic mass is 19.1. The number of methoxy groups -OCH3 is 1. The Balaban J connectivity index is 1.24. The number of nitrogens with zero attached hydrogens (tertiary/aromatic N) is 2. The highest BCUT2D eigenvalue weighted by Gasteiger charge is 2.28. The van der Waals surface area contributed by atoms with Gasteiger partial charge in [0.05, 0.1) is 12.6 Å². The highest BCUT2D eigenvalue weighted by molar-refractivity contribution is 5.90. The Hall–Kier alpha value is -3.59. The molecule has 2 heterocycles. The number of rotatable bonds is 9. The van der Waals surface area contributed by atoms with Crippen LogP contribution >= 0.6 is 0 Å². The summed E-state index contributed by atoms with van der Waals surface area (Å²) in [6.45, 7) is 8.08. The second-order valence-corrected chi connectivity index (χ2v) is 11.9. The Labute approximate surface area is 241 Å². The van der Waals surface area contributed by atoms with Crippen molar-refractivity contribution in [1.29, 1.82) is 0 Å². The Kier molecular flexibility index (Phi) is 9.12. The van der Waals surface area contributed by atoms with Crippen LogP contribution in [0.15, 0.2) is 42.6 Å². The summed E-state index contributed by atoms with van der Waals surface area (Å²) in [4.78, 5) is 19.4. The van der Waals surface area contributed by atoms with E-state index in [0.29, 0.717) is 40.4 Å². The second kappa shape index (κ2) is 12.9. The summed E-state index contributed by atoms with van der Waals surface area (Å²) in [6, 6.07) is 9.50. The van der Waals surface area contributed by atoms with Gasteiger partial charge in [0.25, 0.3) is 0 Å². The molecule has 1 saturated carbocycles. The van der Waals surface area contributed by atoms with E-state index in [1.807, 2.05) is 6.07 Å². The Morgan fingerprint density at radius 1 is 1.05 bits per heavy atom. The van der Waals surface area contributed by atoms with Gasteiger partial charge < -0.3 is 24.8 Å². The number of fused-ring (bicyclic) bond motifs is 1. The number of ether oxygens (including phenoxy) is 3. The van der Waals surface area contributed by atoms with E-state index < -0.39 is 5.82 Å². The Bertz CT molecular complexity index is 1360. The molecule has 1 aromatic heterocycles. The van der Waals surface area contributed by atoms with Gasteiger partial charge in [0.15, 0.2) is 23.1 Å². The first-order valence-corrected chi connectivity index (χ1v) is 14.7. The van der Waals surface area contributed by atoms with Gasteiger partial charge >= 0.3 is 6.03 Å². The quantitative estimate of drug-likeness (QED) is 0.288. The number of aromatic nitrogens is 1. The third-order valence-corrected chi connectivity index (χ3v) is 8.05. The zero-order valence-corrected chi connectivity index (χ0v) is 24.3. The number of carbonyl (C=O) groups excluding carboxylic acids is 1. The molecule has 1 unspecified atom stereocenters. The van der Waals surface area contributed by atoms with E-state index in [0.717, 1.165) is 45.3 Å². The number of piperidine rings is 1. The van der Waals surface area contributed by atoms with E-state index in [2.05, 4.69) is 34.4 Å². The van der Waals surface area contributed by atoms with Crippen LogP contribution < -0.4 is 24.8 Å². The van der Waals surface area contributed by atoms with Crippen LogP contribution in [0, 0.1) is 11.2 Å². The molecule has 2 N–H and O–H groups in total. The average Bonchev–Trinajstić information content (AvgIpc) is 2.94. The average molecular weight is 565 g/mol. The first kappa shape index (κ1) is 28.9. The third-order valence-electron chi connectivity index (χ3n) is 8.05. The van der Waals surface area contributed by atoms with Crippen molar-refractivity contribution in [2.45, 2.75) is 64.8 Å². The molecule has 1 atom stereocenters. The molecule has 1 aliphatic carbocycles. The summed E-state index contributed by atoms with van der Waals surface area (Å²) >= 11 is 0. The lowest BCUT2D eigenvalue weighted by Gasteiger charge is -2.35. The van der Waals surface area contributed by atoms with Gasteiger partial charge in [0.1, 0.15) is 12.4 Å². The Morgan fingerprint density at radius 3 is 2.63 bits per heavy atom. The number of hydrogen-bond donors (Lipinski definition) is 2. The van der Waals surface area contributed by atoms with Crippen molar-refractivity contribution in [3.63, 3.8) is 0 Å². The summed E-state index contributed by atoms with van der Waals surface area (Å²) in [5.41, 5.74) is 1.22. The summed E-state index contributed by atoms with van der Waals surface area (Å²) in [5.74, 6) is 1.06. The monoisotopic (exact) mass is 564 g/mol. The summed E-state index contributed by atoms with van der Waals surface area (Å²) in [6.07, 6.45) is 9.52. The maximum Gasteiger partial charge on any atom is 0.319 e. The lowest BCUT2D eigenvalue weighted by Crippen LogP contribution is -2.42. The van der Waals surface area contributed by atoms with Gasteiger partial charge in [-0.25, -0.2) is 9.18 Å². The molecule has 41 heavy (non-hydrogen) atoms. The van der Waals surface area contributed by atoms with Crippen LogP contribution in [0.2, 0.25) is 0 Å². The maximum absolute atomic E-state index is 15.1. The number of anilines is 1. The number of amides is 2. The molecule has 1 aliphatic heterocycles. The zero-order valence-electron chi connectivity index (χ0n) is 24.3.